The van der Waals surface area contributed by atoms with Gasteiger partial charge < -0.3 is 4.74 Å². The Balaban J connectivity index is 1.74. The average Bonchev–Trinajstić information content (AvgIpc) is 2.98. The van der Waals surface area contributed by atoms with Crippen molar-refractivity contribution in [3.05, 3.63) is 71.9 Å². The molecular formula is C18H13NO2. The zero-order valence-electron chi connectivity index (χ0n) is 11.3. The van der Waals surface area contributed by atoms with Gasteiger partial charge in [0, 0.05) is 22.7 Å². The van der Waals surface area contributed by atoms with E-state index >= 15 is 0 Å². The molecule has 0 N–H and O–H groups in total. The van der Waals surface area contributed by atoms with Gasteiger partial charge >= 0.3 is 0 Å². The lowest BCUT2D eigenvalue weighted by atomic mass is 9.92. The Labute approximate surface area is 122 Å². The summed E-state index contributed by atoms with van der Waals surface area (Å²) in [4.78, 5) is 17.0. The number of hydrogen-bond acceptors (Lipinski definition) is 3. The Bertz CT molecular complexity index is 841. The summed E-state index contributed by atoms with van der Waals surface area (Å²) in [5, 5.41) is 0.982. The fourth-order valence-corrected chi connectivity index (χ4v) is 2.81. The van der Waals surface area contributed by atoms with E-state index in [2.05, 4.69) is 4.98 Å². The lowest BCUT2D eigenvalue weighted by molar-refractivity contribution is 0.0947. The zero-order valence-corrected chi connectivity index (χ0v) is 11.3. The summed E-state index contributed by atoms with van der Waals surface area (Å²) in [5.74, 6) is 0.708. The van der Waals surface area contributed by atoms with E-state index in [4.69, 9.17) is 4.74 Å². The summed E-state index contributed by atoms with van der Waals surface area (Å²) in [5.41, 5.74) is 2.59. The lowest BCUT2D eigenvalue weighted by Crippen LogP contribution is -2.14. The molecule has 1 unspecified atom stereocenters. The van der Waals surface area contributed by atoms with Crippen LogP contribution in [0.5, 0.6) is 5.75 Å². The molecule has 0 radical (unpaired) electrons. The van der Waals surface area contributed by atoms with Gasteiger partial charge in [-0.2, -0.15) is 0 Å². The topological polar surface area (TPSA) is 39.2 Å². The van der Waals surface area contributed by atoms with E-state index < -0.39 is 0 Å². The highest BCUT2D eigenvalue weighted by molar-refractivity contribution is 6.04. The number of fused-ring (bicyclic) bond motifs is 2. The van der Waals surface area contributed by atoms with Gasteiger partial charge in [-0.25, -0.2) is 0 Å². The Morgan fingerprint density at radius 3 is 2.95 bits per heavy atom. The third kappa shape index (κ3) is 1.98. The van der Waals surface area contributed by atoms with E-state index in [9.17, 15) is 4.79 Å². The van der Waals surface area contributed by atoms with Crippen molar-refractivity contribution in [1.29, 1.82) is 0 Å². The highest BCUT2D eigenvalue weighted by atomic mass is 16.5. The van der Waals surface area contributed by atoms with E-state index in [0.717, 1.165) is 22.2 Å². The largest absolute Gasteiger partial charge is 0.492 e. The SMILES string of the molecule is O=C(c1ccc2ncccc2c1)C1COc2ccccc21. The quantitative estimate of drug-likeness (QED) is 0.671. The number of Topliss-reactive ketones (excluding diaryl/α,β-unsaturated/α-hetero) is 1. The second-order valence-corrected chi connectivity index (χ2v) is 5.18. The molecule has 1 aliphatic heterocycles. The van der Waals surface area contributed by atoms with Crippen LogP contribution >= 0.6 is 0 Å². The number of aromatic nitrogens is 1. The highest BCUT2D eigenvalue weighted by Gasteiger charge is 2.30. The first-order valence-corrected chi connectivity index (χ1v) is 6.94. The maximum atomic E-state index is 12.8. The van der Waals surface area contributed by atoms with Crippen LogP contribution in [-0.2, 0) is 0 Å². The van der Waals surface area contributed by atoms with Crippen molar-refractivity contribution in [3.63, 3.8) is 0 Å². The molecule has 1 aliphatic rings. The van der Waals surface area contributed by atoms with Crippen LogP contribution < -0.4 is 4.74 Å². The van der Waals surface area contributed by atoms with Crippen LogP contribution in [0.4, 0.5) is 0 Å². The van der Waals surface area contributed by atoms with Gasteiger partial charge in [-0.3, -0.25) is 9.78 Å². The molecule has 1 aromatic heterocycles. The molecule has 0 spiro atoms. The number of pyridine rings is 1. The van der Waals surface area contributed by atoms with Crippen molar-refractivity contribution in [2.75, 3.05) is 6.61 Å². The second kappa shape index (κ2) is 4.70. The van der Waals surface area contributed by atoms with Gasteiger partial charge in [0.25, 0.3) is 0 Å². The summed E-state index contributed by atoms with van der Waals surface area (Å²) in [6, 6.07) is 17.2. The number of para-hydroxylation sites is 1. The lowest BCUT2D eigenvalue weighted by Gasteiger charge is -2.08. The third-order valence-corrected chi connectivity index (χ3v) is 3.90. The van der Waals surface area contributed by atoms with Crippen molar-refractivity contribution in [1.82, 2.24) is 4.98 Å². The number of ketones is 1. The molecule has 0 fully saturated rings. The molecule has 21 heavy (non-hydrogen) atoms. The third-order valence-electron chi connectivity index (χ3n) is 3.90. The number of ether oxygens (including phenoxy) is 1. The molecule has 3 nitrogen and oxygen atoms in total. The van der Waals surface area contributed by atoms with Crippen molar-refractivity contribution < 1.29 is 9.53 Å². The fraction of sp³-hybridized carbons (Fsp3) is 0.111. The van der Waals surface area contributed by atoms with E-state index in [1.807, 2.05) is 54.6 Å². The van der Waals surface area contributed by atoms with Crippen LogP contribution in [0, 0.1) is 0 Å². The standard InChI is InChI=1S/C18H13NO2/c20-18(15-11-21-17-6-2-1-5-14(15)17)13-7-8-16-12(10-13)4-3-9-19-16/h1-10,15H,11H2. The zero-order chi connectivity index (χ0) is 14.2. The highest BCUT2D eigenvalue weighted by Crippen LogP contribution is 2.35. The smallest absolute Gasteiger partial charge is 0.173 e. The number of carbonyl (C=O) groups excluding carboxylic acids is 1. The first-order chi connectivity index (χ1) is 10.3. The number of hydrogen-bond donors (Lipinski definition) is 0. The second-order valence-electron chi connectivity index (χ2n) is 5.18. The average molecular weight is 275 g/mol. The van der Waals surface area contributed by atoms with Gasteiger partial charge in [-0.15, -0.1) is 0 Å². The van der Waals surface area contributed by atoms with Gasteiger partial charge in [0.15, 0.2) is 5.78 Å². The Hall–Kier alpha value is -2.68. The molecule has 4 rings (SSSR count). The van der Waals surface area contributed by atoms with E-state index in [1.54, 1.807) is 6.20 Å². The fourth-order valence-electron chi connectivity index (χ4n) is 2.81. The molecule has 0 saturated heterocycles. The number of carbonyl (C=O) groups is 1. The van der Waals surface area contributed by atoms with Crippen molar-refractivity contribution >= 4 is 16.7 Å². The summed E-state index contributed by atoms with van der Waals surface area (Å²) < 4.78 is 5.61. The first-order valence-electron chi connectivity index (χ1n) is 6.94. The number of nitrogens with zero attached hydrogens (tertiary/aromatic N) is 1. The minimum Gasteiger partial charge on any atom is -0.492 e. The maximum absolute atomic E-state index is 12.8. The number of rotatable bonds is 2. The summed E-state index contributed by atoms with van der Waals surface area (Å²) in [6.07, 6.45) is 1.75. The molecule has 0 saturated carbocycles. The van der Waals surface area contributed by atoms with Crippen molar-refractivity contribution in [2.45, 2.75) is 5.92 Å². The van der Waals surface area contributed by atoms with E-state index in [0.29, 0.717) is 12.2 Å². The van der Waals surface area contributed by atoms with Gasteiger partial charge in [-0.1, -0.05) is 24.3 Å². The number of benzene rings is 2. The predicted molar refractivity (Wildman–Crippen MR) is 80.8 cm³/mol. The summed E-state index contributed by atoms with van der Waals surface area (Å²) in [6.45, 7) is 0.420. The predicted octanol–water partition coefficient (Wildman–Crippen LogP) is 3.59. The summed E-state index contributed by atoms with van der Waals surface area (Å²) >= 11 is 0. The molecule has 0 aliphatic carbocycles. The van der Waals surface area contributed by atoms with Gasteiger partial charge in [0.2, 0.25) is 0 Å². The molecule has 1 atom stereocenters. The Morgan fingerprint density at radius 2 is 2.00 bits per heavy atom. The monoisotopic (exact) mass is 275 g/mol. The van der Waals surface area contributed by atoms with E-state index in [1.165, 1.54) is 0 Å². The van der Waals surface area contributed by atoms with Crippen LogP contribution in [0.3, 0.4) is 0 Å². The Kier molecular flexibility index (Phi) is 2.71. The minimum absolute atomic E-state index is 0.103. The van der Waals surface area contributed by atoms with Gasteiger partial charge in [-0.05, 0) is 30.3 Å². The Morgan fingerprint density at radius 1 is 1.10 bits per heavy atom. The van der Waals surface area contributed by atoms with Crippen LogP contribution in [0.25, 0.3) is 10.9 Å². The first kappa shape index (κ1) is 12.1. The molecule has 0 bridgehead atoms. The maximum Gasteiger partial charge on any atom is 0.173 e. The molecule has 2 heterocycles. The van der Waals surface area contributed by atoms with Gasteiger partial charge in [0.05, 0.1) is 11.4 Å². The molecule has 102 valence electrons. The van der Waals surface area contributed by atoms with Gasteiger partial charge in [0.1, 0.15) is 12.4 Å². The molecule has 0 amide bonds. The van der Waals surface area contributed by atoms with Crippen molar-refractivity contribution in [2.24, 2.45) is 0 Å². The summed E-state index contributed by atoms with van der Waals surface area (Å²) in [7, 11) is 0. The molecular weight excluding hydrogens is 262 g/mol. The van der Waals surface area contributed by atoms with Crippen LogP contribution in [-0.4, -0.2) is 17.4 Å². The van der Waals surface area contributed by atoms with Crippen LogP contribution in [0.2, 0.25) is 0 Å². The van der Waals surface area contributed by atoms with E-state index in [-0.39, 0.29) is 11.7 Å². The molecule has 3 heteroatoms. The minimum atomic E-state index is -0.213. The molecule has 3 aromatic rings. The van der Waals surface area contributed by atoms with Crippen LogP contribution in [0.1, 0.15) is 21.8 Å². The molecule has 2 aromatic carbocycles. The van der Waals surface area contributed by atoms with Crippen LogP contribution in [0.15, 0.2) is 60.8 Å². The van der Waals surface area contributed by atoms with Crippen molar-refractivity contribution in [3.8, 4) is 5.75 Å². The normalized spacial score (nSPS) is 16.5.